The molecule has 96 valence electrons. The lowest BCUT2D eigenvalue weighted by Gasteiger charge is -2.19. The maximum Gasteiger partial charge on any atom is 0.324 e. The standard InChI is InChI=1S/C10H18N4O3/c1-6(2)7(5-15)11-8-12-9(16-3)14-10(13-8)17-4/h6-7,15H,5H2,1-4H3,(H,11,12,13,14)/t7-/m1/s1. The van der Waals surface area contributed by atoms with Gasteiger partial charge in [0.15, 0.2) is 0 Å². The zero-order chi connectivity index (χ0) is 12.8. The van der Waals surface area contributed by atoms with E-state index in [1.54, 1.807) is 0 Å². The maximum atomic E-state index is 9.21. The van der Waals surface area contributed by atoms with Crippen LogP contribution in [-0.4, -0.2) is 46.9 Å². The van der Waals surface area contributed by atoms with E-state index in [2.05, 4.69) is 20.3 Å². The van der Waals surface area contributed by atoms with E-state index in [-0.39, 0.29) is 30.6 Å². The Hall–Kier alpha value is -1.63. The summed E-state index contributed by atoms with van der Waals surface area (Å²) in [7, 11) is 2.93. The maximum absolute atomic E-state index is 9.21. The Morgan fingerprint density at radius 3 is 2.00 bits per heavy atom. The minimum absolute atomic E-state index is 0.00597. The Balaban J connectivity index is 2.89. The molecule has 7 heteroatoms. The van der Waals surface area contributed by atoms with Crippen molar-refractivity contribution < 1.29 is 14.6 Å². The van der Waals surface area contributed by atoms with Crippen LogP contribution in [0.4, 0.5) is 5.95 Å². The zero-order valence-corrected chi connectivity index (χ0v) is 10.5. The van der Waals surface area contributed by atoms with E-state index in [1.807, 2.05) is 13.8 Å². The third-order valence-corrected chi connectivity index (χ3v) is 2.28. The molecule has 0 amide bonds. The van der Waals surface area contributed by atoms with Crippen LogP contribution in [0.3, 0.4) is 0 Å². The van der Waals surface area contributed by atoms with Crippen LogP contribution < -0.4 is 14.8 Å². The van der Waals surface area contributed by atoms with Gasteiger partial charge in [0.1, 0.15) is 0 Å². The number of hydrogen-bond acceptors (Lipinski definition) is 7. The van der Waals surface area contributed by atoms with Crippen LogP contribution in [0.1, 0.15) is 13.8 Å². The number of nitrogens with one attached hydrogen (secondary N) is 1. The number of aliphatic hydroxyl groups is 1. The molecule has 7 nitrogen and oxygen atoms in total. The summed E-state index contributed by atoms with van der Waals surface area (Å²) in [5.41, 5.74) is 0. The van der Waals surface area contributed by atoms with E-state index < -0.39 is 0 Å². The molecule has 1 aromatic rings. The highest BCUT2D eigenvalue weighted by atomic mass is 16.5. The van der Waals surface area contributed by atoms with Crippen LogP contribution >= 0.6 is 0 Å². The average molecular weight is 242 g/mol. The molecule has 0 unspecified atom stereocenters. The zero-order valence-electron chi connectivity index (χ0n) is 10.5. The molecule has 0 saturated carbocycles. The second-order valence-electron chi connectivity index (χ2n) is 3.81. The number of rotatable bonds is 6. The Morgan fingerprint density at radius 2 is 1.65 bits per heavy atom. The van der Waals surface area contributed by atoms with Gasteiger partial charge < -0.3 is 19.9 Å². The van der Waals surface area contributed by atoms with Gasteiger partial charge in [-0.15, -0.1) is 4.98 Å². The van der Waals surface area contributed by atoms with Gasteiger partial charge in [0.2, 0.25) is 5.95 Å². The molecule has 0 aliphatic rings. The van der Waals surface area contributed by atoms with Crippen molar-refractivity contribution in [3.8, 4) is 12.0 Å². The minimum atomic E-state index is -0.133. The Kier molecular flexibility index (Phi) is 4.89. The lowest BCUT2D eigenvalue weighted by atomic mass is 10.1. The predicted molar refractivity (Wildman–Crippen MR) is 62.3 cm³/mol. The van der Waals surface area contributed by atoms with Gasteiger partial charge in [-0.05, 0) is 5.92 Å². The summed E-state index contributed by atoms with van der Waals surface area (Å²) in [5.74, 6) is 0.565. The number of ether oxygens (including phenoxy) is 2. The van der Waals surface area contributed by atoms with Crippen molar-refractivity contribution in [2.24, 2.45) is 5.92 Å². The fourth-order valence-corrected chi connectivity index (χ4v) is 1.17. The number of aliphatic hydroxyl groups excluding tert-OH is 1. The summed E-state index contributed by atoms with van der Waals surface area (Å²) in [6, 6.07) is 0.200. The van der Waals surface area contributed by atoms with Crippen LogP contribution in [-0.2, 0) is 0 Å². The minimum Gasteiger partial charge on any atom is -0.467 e. The molecular formula is C10H18N4O3. The summed E-state index contributed by atoms with van der Waals surface area (Å²) >= 11 is 0. The quantitative estimate of drug-likeness (QED) is 0.742. The monoisotopic (exact) mass is 242 g/mol. The molecule has 0 saturated heterocycles. The van der Waals surface area contributed by atoms with Gasteiger partial charge in [-0.25, -0.2) is 0 Å². The van der Waals surface area contributed by atoms with Crippen molar-refractivity contribution in [1.29, 1.82) is 0 Å². The van der Waals surface area contributed by atoms with E-state index in [1.165, 1.54) is 14.2 Å². The smallest absolute Gasteiger partial charge is 0.324 e. The SMILES string of the molecule is COc1nc(N[C@H](CO)C(C)C)nc(OC)n1. The van der Waals surface area contributed by atoms with Crippen molar-refractivity contribution in [3.63, 3.8) is 0 Å². The largest absolute Gasteiger partial charge is 0.467 e. The highest BCUT2D eigenvalue weighted by Gasteiger charge is 2.15. The van der Waals surface area contributed by atoms with Gasteiger partial charge >= 0.3 is 12.0 Å². The van der Waals surface area contributed by atoms with Gasteiger partial charge in [-0.1, -0.05) is 13.8 Å². The summed E-state index contributed by atoms with van der Waals surface area (Å²) in [5, 5.41) is 12.2. The van der Waals surface area contributed by atoms with Crippen molar-refractivity contribution in [2.45, 2.75) is 19.9 Å². The van der Waals surface area contributed by atoms with E-state index >= 15 is 0 Å². The van der Waals surface area contributed by atoms with Crippen molar-refractivity contribution in [2.75, 3.05) is 26.1 Å². The van der Waals surface area contributed by atoms with Crippen molar-refractivity contribution >= 4 is 5.95 Å². The van der Waals surface area contributed by atoms with E-state index in [4.69, 9.17) is 9.47 Å². The molecular weight excluding hydrogens is 224 g/mol. The number of aromatic nitrogens is 3. The third kappa shape index (κ3) is 3.70. The lowest BCUT2D eigenvalue weighted by molar-refractivity contribution is 0.248. The summed E-state index contributed by atoms with van der Waals surface area (Å²) in [6.45, 7) is 3.97. The molecule has 0 aliphatic heterocycles. The fourth-order valence-electron chi connectivity index (χ4n) is 1.17. The van der Waals surface area contributed by atoms with Crippen molar-refractivity contribution in [3.05, 3.63) is 0 Å². The molecule has 0 bridgehead atoms. The number of hydrogen-bond donors (Lipinski definition) is 2. The van der Waals surface area contributed by atoms with Crippen LogP contribution in [0.5, 0.6) is 12.0 Å². The molecule has 1 aromatic heterocycles. The molecule has 1 rings (SSSR count). The molecule has 0 aliphatic carbocycles. The first-order valence-corrected chi connectivity index (χ1v) is 5.32. The first-order chi connectivity index (χ1) is 8.10. The summed E-state index contributed by atoms with van der Waals surface area (Å²) in [6.07, 6.45) is 0. The van der Waals surface area contributed by atoms with Gasteiger partial charge in [0.05, 0.1) is 26.9 Å². The molecule has 2 N–H and O–H groups in total. The number of nitrogens with zero attached hydrogens (tertiary/aromatic N) is 3. The first kappa shape index (κ1) is 13.4. The van der Waals surface area contributed by atoms with Crippen LogP contribution in [0, 0.1) is 5.92 Å². The predicted octanol–water partition coefficient (Wildman–Crippen LogP) is 0.318. The van der Waals surface area contributed by atoms with Crippen molar-refractivity contribution in [1.82, 2.24) is 15.0 Å². The molecule has 0 spiro atoms. The average Bonchev–Trinajstić information content (AvgIpc) is 2.34. The normalized spacial score (nSPS) is 12.4. The molecule has 0 fully saturated rings. The molecule has 17 heavy (non-hydrogen) atoms. The number of methoxy groups -OCH3 is 2. The Bertz CT molecular complexity index is 337. The topological polar surface area (TPSA) is 89.4 Å². The van der Waals surface area contributed by atoms with Gasteiger partial charge in [0.25, 0.3) is 0 Å². The van der Waals surface area contributed by atoms with Gasteiger partial charge in [-0.2, -0.15) is 9.97 Å². The fraction of sp³-hybridized carbons (Fsp3) is 0.700. The Labute approximate surface area is 100 Å². The molecule has 1 heterocycles. The molecule has 0 aromatic carbocycles. The summed E-state index contributed by atoms with van der Waals surface area (Å²) in [4.78, 5) is 11.9. The lowest BCUT2D eigenvalue weighted by Crippen LogP contribution is -2.30. The van der Waals surface area contributed by atoms with E-state index in [0.29, 0.717) is 5.95 Å². The highest BCUT2D eigenvalue weighted by molar-refractivity contribution is 5.29. The van der Waals surface area contributed by atoms with Gasteiger partial charge in [0, 0.05) is 0 Å². The second kappa shape index (κ2) is 6.19. The molecule has 0 radical (unpaired) electrons. The van der Waals surface area contributed by atoms with E-state index in [0.717, 1.165) is 0 Å². The molecule has 1 atom stereocenters. The first-order valence-electron chi connectivity index (χ1n) is 5.32. The summed E-state index contributed by atoms with van der Waals surface area (Å²) < 4.78 is 9.86. The van der Waals surface area contributed by atoms with Crippen LogP contribution in [0.15, 0.2) is 0 Å². The highest BCUT2D eigenvalue weighted by Crippen LogP contribution is 2.14. The Morgan fingerprint density at radius 1 is 1.12 bits per heavy atom. The van der Waals surface area contributed by atoms with Crippen LogP contribution in [0.25, 0.3) is 0 Å². The van der Waals surface area contributed by atoms with Gasteiger partial charge in [-0.3, -0.25) is 0 Å². The number of anilines is 1. The van der Waals surface area contributed by atoms with Crippen LogP contribution in [0.2, 0.25) is 0 Å². The van der Waals surface area contributed by atoms with E-state index in [9.17, 15) is 5.11 Å². The second-order valence-corrected chi connectivity index (χ2v) is 3.81. The third-order valence-electron chi connectivity index (χ3n) is 2.28.